The van der Waals surface area contributed by atoms with Gasteiger partial charge in [0, 0.05) is 34.5 Å². The predicted octanol–water partition coefficient (Wildman–Crippen LogP) is 7.42. The number of thiazole rings is 2. The first-order valence-corrected chi connectivity index (χ1v) is 14.9. The molecule has 0 saturated heterocycles. The van der Waals surface area contributed by atoms with Crippen LogP contribution >= 0.6 is 22.7 Å². The molecule has 3 aromatic carbocycles. The summed E-state index contributed by atoms with van der Waals surface area (Å²) in [5, 5.41) is 9.67. The van der Waals surface area contributed by atoms with Crippen molar-refractivity contribution in [3.05, 3.63) is 77.7 Å². The second-order valence-corrected chi connectivity index (χ2v) is 11.1. The van der Waals surface area contributed by atoms with E-state index in [1.54, 1.807) is 33.5 Å². The van der Waals surface area contributed by atoms with Gasteiger partial charge in [0.2, 0.25) is 11.7 Å². The van der Waals surface area contributed by atoms with Gasteiger partial charge in [-0.1, -0.05) is 60.7 Å². The molecule has 1 unspecified atom stereocenters. The number of amides is 1. The Balaban J connectivity index is 1.33. The van der Waals surface area contributed by atoms with Crippen LogP contribution < -0.4 is 30.6 Å². The number of methoxy groups -OCH3 is 3. The van der Waals surface area contributed by atoms with Crippen molar-refractivity contribution in [1.29, 1.82) is 0 Å². The van der Waals surface area contributed by atoms with E-state index in [0.29, 0.717) is 40.3 Å². The number of ether oxygens (including phenoxy) is 3. The summed E-state index contributed by atoms with van der Waals surface area (Å²) in [6.45, 7) is 2.02. The van der Waals surface area contributed by atoms with E-state index < -0.39 is 0 Å². The molecule has 0 aliphatic rings. The third-order valence-electron chi connectivity index (χ3n) is 6.62. The summed E-state index contributed by atoms with van der Waals surface area (Å²) in [4.78, 5) is 23.2. The standard InChI is InChI=1S/C31H31N5O4S2/c1-5-22(18-10-7-6-8-11-18)29(37)33-20-13-9-12-19(14-20)23-17-41-30(35-23)27-28(32)36-31(42-27)34-21-15-24(38-2)26(40-4)25(16-21)39-3/h6-17,22H,5,32H2,1-4H3,(H,33,37)(H,34,36). The van der Waals surface area contributed by atoms with E-state index in [1.807, 2.05) is 66.9 Å². The highest BCUT2D eigenvalue weighted by Crippen LogP contribution is 2.43. The van der Waals surface area contributed by atoms with Crippen LogP contribution in [0, 0.1) is 0 Å². The number of nitrogens with one attached hydrogen (secondary N) is 2. The summed E-state index contributed by atoms with van der Waals surface area (Å²) in [5.41, 5.74) is 10.4. The van der Waals surface area contributed by atoms with Crippen molar-refractivity contribution < 1.29 is 19.0 Å². The van der Waals surface area contributed by atoms with Crippen molar-refractivity contribution in [3.8, 4) is 38.4 Å². The molecule has 0 aliphatic heterocycles. The van der Waals surface area contributed by atoms with Gasteiger partial charge in [0.05, 0.1) is 32.9 Å². The Morgan fingerprint density at radius 2 is 1.67 bits per heavy atom. The average Bonchev–Trinajstić information content (AvgIpc) is 3.64. The largest absolute Gasteiger partial charge is 0.493 e. The molecular formula is C31H31N5O4S2. The molecule has 5 rings (SSSR count). The lowest BCUT2D eigenvalue weighted by Crippen LogP contribution is -2.20. The van der Waals surface area contributed by atoms with Gasteiger partial charge in [0.25, 0.3) is 0 Å². The minimum atomic E-state index is -0.224. The molecule has 216 valence electrons. The second-order valence-electron chi connectivity index (χ2n) is 9.25. The summed E-state index contributed by atoms with van der Waals surface area (Å²) in [6, 6.07) is 21.1. The van der Waals surface area contributed by atoms with E-state index in [9.17, 15) is 4.79 Å². The minimum absolute atomic E-state index is 0.0376. The molecule has 42 heavy (non-hydrogen) atoms. The van der Waals surface area contributed by atoms with Gasteiger partial charge in [0.15, 0.2) is 16.6 Å². The van der Waals surface area contributed by atoms with E-state index in [1.165, 1.54) is 22.7 Å². The molecule has 0 aliphatic carbocycles. The van der Waals surface area contributed by atoms with Crippen molar-refractivity contribution >= 4 is 50.9 Å². The Morgan fingerprint density at radius 1 is 0.929 bits per heavy atom. The molecule has 0 saturated carbocycles. The predicted molar refractivity (Wildman–Crippen MR) is 171 cm³/mol. The molecule has 5 aromatic rings. The summed E-state index contributed by atoms with van der Waals surface area (Å²) in [6.07, 6.45) is 0.706. The van der Waals surface area contributed by atoms with E-state index in [0.717, 1.165) is 32.4 Å². The zero-order valence-electron chi connectivity index (χ0n) is 23.6. The monoisotopic (exact) mass is 601 g/mol. The molecule has 0 spiro atoms. The SMILES string of the molecule is CCC(C(=O)Nc1cccc(-c2csc(-c3sc(Nc4cc(OC)c(OC)c(OC)c4)nc3N)n2)c1)c1ccccc1. The number of nitrogens with zero attached hydrogens (tertiary/aromatic N) is 2. The Kier molecular flexibility index (Phi) is 8.89. The summed E-state index contributed by atoms with van der Waals surface area (Å²) in [5.74, 6) is 1.67. The Hall–Kier alpha value is -4.61. The molecular weight excluding hydrogens is 571 g/mol. The van der Waals surface area contributed by atoms with Crippen LogP contribution in [0.1, 0.15) is 24.8 Å². The first kappa shape index (κ1) is 28.9. The number of nitrogens with two attached hydrogens (primary N) is 1. The molecule has 0 bridgehead atoms. The third kappa shape index (κ3) is 6.17. The number of anilines is 4. The van der Waals surface area contributed by atoms with Crippen LogP contribution in [0.15, 0.2) is 72.1 Å². The van der Waals surface area contributed by atoms with E-state index in [2.05, 4.69) is 15.6 Å². The fourth-order valence-corrected chi connectivity index (χ4v) is 6.40. The van der Waals surface area contributed by atoms with Crippen LogP contribution in [0.25, 0.3) is 21.1 Å². The van der Waals surface area contributed by atoms with Gasteiger partial charge in [0.1, 0.15) is 15.7 Å². The lowest BCUT2D eigenvalue weighted by atomic mass is 9.95. The first-order valence-electron chi connectivity index (χ1n) is 13.2. The smallest absolute Gasteiger partial charge is 0.231 e. The van der Waals surface area contributed by atoms with Gasteiger partial charge in [-0.3, -0.25) is 4.79 Å². The highest BCUT2D eigenvalue weighted by Gasteiger charge is 2.20. The number of hydrogen-bond donors (Lipinski definition) is 3. The fourth-order valence-electron chi connectivity index (χ4n) is 4.57. The lowest BCUT2D eigenvalue weighted by molar-refractivity contribution is -0.117. The van der Waals surface area contributed by atoms with Crippen molar-refractivity contribution in [3.63, 3.8) is 0 Å². The minimum Gasteiger partial charge on any atom is -0.493 e. The Labute approximate surface area is 252 Å². The van der Waals surface area contributed by atoms with E-state index >= 15 is 0 Å². The Morgan fingerprint density at radius 3 is 2.33 bits per heavy atom. The summed E-state index contributed by atoms with van der Waals surface area (Å²) >= 11 is 2.88. The molecule has 0 radical (unpaired) electrons. The van der Waals surface area contributed by atoms with E-state index in [4.69, 9.17) is 24.9 Å². The maximum absolute atomic E-state index is 13.1. The van der Waals surface area contributed by atoms with Gasteiger partial charge in [-0.15, -0.1) is 11.3 Å². The summed E-state index contributed by atoms with van der Waals surface area (Å²) < 4.78 is 16.3. The van der Waals surface area contributed by atoms with Gasteiger partial charge in [-0.05, 0) is 24.1 Å². The maximum atomic E-state index is 13.1. The highest BCUT2D eigenvalue weighted by molar-refractivity contribution is 7.23. The highest BCUT2D eigenvalue weighted by atomic mass is 32.1. The number of carbonyl (C=O) groups is 1. The van der Waals surface area contributed by atoms with Crippen LogP contribution in [-0.4, -0.2) is 37.2 Å². The normalized spacial score (nSPS) is 11.5. The fraction of sp³-hybridized carbons (Fsp3) is 0.194. The maximum Gasteiger partial charge on any atom is 0.231 e. The van der Waals surface area contributed by atoms with Gasteiger partial charge in [-0.2, -0.15) is 0 Å². The molecule has 1 atom stereocenters. The van der Waals surface area contributed by atoms with Crippen molar-refractivity contribution in [1.82, 2.24) is 9.97 Å². The van der Waals surface area contributed by atoms with Crippen molar-refractivity contribution in [2.24, 2.45) is 0 Å². The molecule has 1 amide bonds. The lowest BCUT2D eigenvalue weighted by Gasteiger charge is -2.15. The zero-order chi connectivity index (χ0) is 29.6. The van der Waals surface area contributed by atoms with Gasteiger partial charge >= 0.3 is 0 Å². The molecule has 2 heterocycles. The number of benzene rings is 3. The number of carbonyl (C=O) groups excluding carboxylic acids is 1. The zero-order valence-corrected chi connectivity index (χ0v) is 25.3. The van der Waals surface area contributed by atoms with Crippen LogP contribution in [0.3, 0.4) is 0 Å². The number of nitrogen functional groups attached to an aromatic ring is 1. The first-order chi connectivity index (χ1) is 20.4. The number of rotatable bonds is 11. The molecule has 0 fully saturated rings. The van der Waals surface area contributed by atoms with Crippen molar-refractivity contribution in [2.75, 3.05) is 37.7 Å². The quantitative estimate of drug-likeness (QED) is 0.143. The number of hydrogen-bond acceptors (Lipinski definition) is 10. The molecule has 4 N–H and O–H groups in total. The molecule has 2 aromatic heterocycles. The number of aromatic nitrogens is 2. The molecule has 11 heteroatoms. The average molecular weight is 602 g/mol. The third-order valence-corrected chi connectivity index (χ3v) is 8.60. The van der Waals surface area contributed by atoms with Gasteiger partial charge in [-0.25, -0.2) is 9.97 Å². The topological polar surface area (TPSA) is 121 Å². The van der Waals surface area contributed by atoms with Crippen LogP contribution in [-0.2, 0) is 4.79 Å². The second kappa shape index (κ2) is 12.9. The van der Waals surface area contributed by atoms with E-state index in [-0.39, 0.29) is 11.8 Å². The van der Waals surface area contributed by atoms with Gasteiger partial charge < -0.3 is 30.6 Å². The van der Waals surface area contributed by atoms with Crippen LogP contribution in [0.4, 0.5) is 22.3 Å². The van der Waals surface area contributed by atoms with Crippen LogP contribution in [0.5, 0.6) is 17.2 Å². The van der Waals surface area contributed by atoms with Crippen molar-refractivity contribution in [2.45, 2.75) is 19.3 Å². The Bertz CT molecular complexity index is 1660. The van der Waals surface area contributed by atoms with Crippen LogP contribution in [0.2, 0.25) is 0 Å². The molecule has 9 nitrogen and oxygen atoms in total. The summed E-state index contributed by atoms with van der Waals surface area (Å²) in [7, 11) is 4.69.